The summed E-state index contributed by atoms with van der Waals surface area (Å²) in [5, 5.41) is 30.4. The maximum absolute atomic E-state index is 9.03. The summed E-state index contributed by atoms with van der Waals surface area (Å²) in [4.78, 5) is 5.60. The summed E-state index contributed by atoms with van der Waals surface area (Å²) in [6.07, 6.45) is 3.89. The van der Waals surface area contributed by atoms with Crippen molar-refractivity contribution in [1.29, 1.82) is 0 Å². The Bertz CT molecular complexity index is 1270. The fourth-order valence-electron chi connectivity index (χ4n) is 3.51. The average molecular weight is 436 g/mol. The highest BCUT2D eigenvalue weighted by molar-refractivity contribution is 7.99. The molecule has 1 saturated heterocycles. The quantitative estimate of drug-likeness (QED) is 0.278. The molecule has 9 nitrogen and oxygen atoms in total. The molecule has 2 N–H and O–H groups in total. The van der Waals surface area contributed by atoms with Gasteiger partial charge in [-0.15, -0.1) is 10.2 Å². The molecule has 0 bridgehead atoms. The zero-order valence-corrected chi connectivity index (χ0v) is 17.7. The van der Waals surface area contributed by atoms with Crippen LogP contribution in [0.25, 0.3) is 16.6 Å². The van der Waals surface area contributed by atoms with Crippen LogP contribution in [0.15, 0.2) is 57.8 Å². The van der Waals surface area contributed by atoms with Gasteiger partial charge in [-0.1, -0.05) is 5.16 Å². The highest BCUT2D eigenvalue weighted by Crippen LogP contribution is 2.29. The monoisotopic (exact) mass is 435 g/mol. The minimum Gasteiger partial charge on any atom is -0.411 e. The first-order valence-corrected chi connectivity index (χ1v) is 10.8. The minimum atomic E-state index is 0.416. The van der Waals surface area contributed by atoms with E-state index >= 15 is 0 Å². The van der Waals surface area contributed by atoms with E-state index in [-0.39, 0.29) is 0 Å². The van der Waals surface area contributed by atoms with Crippen LogP contribution in [0.2, 0.25) is 0 Å². The lowest BCUT2D eigenvalue weighted by molar-refractivity contribution is 0.0904. The van der Waals surface area contributed by atoms with Crippen LogP contribution in [0.4, 0.5) is 5.69 Å². The van der Waals surface area contributed by atoms with E-state index in [4.69, 9.17) is 9.94 Å². The predicted molar refractivity (Wildman–Crippen MR) is 118 cm³/mol. The normalized spacial score (nSPS) is 15.6. The van der Waals surface area contributed by atoms with Crippen molar-refractivity contribution in [3.05, 3.63) is 48.3 Å². The van der Waals surface area contributed by atoms with Gasteiger partial charge in [-0.05, 0) is 67.9 Å². The van der Waals surface area contributed by atoms with Gasteiger partial charge < -0.3 is 15.3 Å². The molecular weight excluding hydrogens is 414 g/mol. The lowest BCUT2D eigenvalue weighted by atomic mass is 10.1. The number of nitrogens with one attached hydrogen (secondary N) is 1. The van der Waals surface area contributed by atoms with Crippen LogP contribution in [0.3, 0.4) is 0 Å². The van der Waals surface area contributed by atoms with E-state index in [0.717, 1.165) is 47.5 Å². The van der Waals surface area contributed by atoms with Crippen LogP contribution >= 0.6 is 11.8 Å². The van der Waals surface area contributed by atoms with E-state index < -0.39 is 0 Å². The third-order valence-corrected chi connectivity index (χ3v) is 6.14. The molecule has 5 rings (SSSR count). The molecule has 31 heavy (non-hydrogen) atoms. The predicted octanol–water partition coefficient (Wildman–Crippen LogP) is 3.61. The third-order valence-electron chi connectivity index (χ3n) is 5.21. The maximum atomic E-state index is 9.03. The summed E-state index contributed by atoms with van der Waals surface area (Å²) >= 11 is 1.47. The number of nitrogens with zero attached hydrogens (tertiary/aromatic N) is 6. The van der Waals surface area contributed by atoms with Crippen molar-refractivity contribution in [2.75, 3.05) is 18.5 Å². The number of oxime groups is 1. The molecule has 4 heterocycles. The number of benzene rings is 1. The zero-order chi connectivity index (χ0) is 21.2. The van der Waals surface area contributed by atoms with Crippen molar-refractivity contribution < 1.29 is 9.94 Å². The SMILES string of the molecule is C/C(=N/O)c1ccc2nnc(Sc3ccc4ncc(NC5CCOCC5)cc4c3)n2n1. The van der Waals surface area contributed by atoms with Gasteiger partial charge in [-0.2, -0.15) is 9.61 Å². The van der Waals surface area contributed by atoms with Crippen LogP contribution < -0.4 is 5.32 Å². The highest BCUT2D eigenvalue weighted by atomic mass is 32.2. The van der Waals surface area contributed by atoms with E-state index in [1.54, 1.807) is 23.6 Å². The molecule has 1 aliphatic heterocycles. The fourth-order valence-corrected chi connectivity index (χ4v) is 4.35. The van der Waals surface area contributed by atoms with Crippen molar-refractivity contribution in [3.63, 3.8) is 0 Å². The van der Waals surface area contributed by atoms with E-state index in [9.17, 15) is 0 Å². The molecule has 1 aliphatic rings. The molecule has 0 amide bonds. The van der Waals surface area contributed by atoms with Gasteiger partial charge in [-0.25, -0.2) is 0 Å². The molecular formula is C21H21N7O2S. The summed E-state index contributed by atoms with van der Waals surface area (Å²) in [7, 11) is 0. The molecule has 1 aromatic carbocycles. The molecule has 1 fully saturated rings. The third kappa shape index (κ3) is 4.17. The standard InChI is InChI=1S/C21H21N7O2S/c1-13(27-29)18-4-5-20-24-25-21(28(20)26-18)31-17-2-3-19-14(11-17)10-16(12-22-19)23-15-6-8-30-9-7-15/h2-5,10-12,15,23,29H,6-9H2,1H3/b27-13-. The maximum Gasteiger partial charge on any atom is 0.217 e. The lowest BCUT2D eigenvalue weighted by Gasteiger charge is -2.24. The number of rotatable bonds is 5. The number of ether oxygens (including phenoxy) is 1. The number of pyridine rings is 1. The van der Waals surface area contributed by atoms with Crippen molar-refractivity contribution in [2.24, 2.45) is 5.16 Å². The van der Waals surface area contributed by atoms with Gasteiger partial charge in [0.1, 0.15) is 11.4 Å². The van der Waals surface area contributed by atoms with Gasteiger partial charge in [0.15, 0.2) is 5.65 Å². The molecule has 4 aromatic rings. The van der Waals surface area contributed by atoms with Gasteiger partial charge >= 0.3 is 0 Å². The van der Waals surface area contributed by atoms with Crippen molar-refractivity contribution in [2.45, 2.75) is 35.9 Å². The Labute approximate surface area is 182 Å². The number of aromatic nitrogens is 5. The molecule has 0 radical (unpaired) electrons. The first-order valence-electron chi connectivity index (χ1n) is 10.0. The molecule has 0 spiro atoms. The Morgan fingerprint density at radius 2 is 2.06 bits per heavy atom. The number of anilines is 1. The topological polar surface area (TPSA) is 110 Å². The Balaban J connectivity index is 1.42. The first kappa shape index (κ1) is 19.7. The Morgan fingerprint density at radius 3 is 2.90 bits per heavy atom. The van der Waals surface area contributed by atoms with E-state index in [0.29, 0.717) is 28.3 Å². The summed E-state index contributed by atoms with van der Waals surface area (Å²) in [5.41, 5.74) is 3.56. The average Bonchev–Trinajstić information content (AvgIpc) is 3.21. The van der Waals surface area contributed by atoms with E-state index in [1.807, 2.05) is 18.3 Å². The number of hydrogen-bond acceptors (Lipinski definition) is 9. The molecule has 0 atom stereocenters. The molecule has 3 aromatic heterocycles. The summed E-state index contributed by atoms with van der Waals surface area (Å²) in [6.45, 7) is 3.28. The van der Waals surface area contributed by atoms with Crippen molar-refractivity contribution in [1.82, 2.24) is 24.8 Å². The highest BCUT2D eigenvalue weighted by Gasteiger charge is 2.14. The molecule has 158 valence electrons. The van der Waals surface area contributed by atoms with Gasteiger partial charge in [-0.3, -0.25) is 4.98 Å². The summed E-state index contributed by atoms with van der Waals surface area (Å²) in [6, 6.07) is 12.2. The van der Waals surface area contributed by atoms with Crippen molar-refractivity contribution >= 4 is 39.7 Å². The molecule has 0 saturated carbocycles. The lowest BCUT2D eigenvalue weighted by Crippen LogP contribution is -2.27. The van der Waals surface area contributed by atoms with E-state index in [1.165, 1.54) is 11.8 Å². The zero-order valence-electron chi connectivity index (χ0n) is 16.9. The van der Waals surface area contributed by atoms with E-state index in [2.05, 4.69) is 42.9 Å². The second kappa shape index (κ2) is 8.48. The summed E-state index contributed by atoms with van der Waals surface area (Å²) < 4.78 is 7.09. The molecule has 10 heteroatoms. The minimum absolute atomic E-state index is 0.416. The smallest absolute Gasteiger partial charge is 0.217 e. The van der Waals surface area contributed by atoms with Crippen LogP contribution in [-0.4, -0.2) is 55.0 Å². The van der Waals surface area contributed by atoms with Crippen LogP contribution in [-0.2, 0) is 4.74 Å². The van der Waals surface area contributed by atoms with Crippen LogP contribution in [0, 0.1) is 0 Å². The number of fused-ring (bicyclic) bond motifs is 2. The Morgan fingerprint density at radius 1 is 1.19 bits per heavy atom. The van der Waals surface area contributed by atoms with Crippen LogP contribution in [0.1, 0.15) is 25.5 Å². The van der Waals surface area contributed by atoms with Gasteiger partial charge in [0, 0.05) is 29.5 Å². The Kier molecular flexibility index (Phi) is 5.39. The Hall–Kier alpha value is -3.24. The molecule has 0 aliphatic carbocycles. The summed E-state index contributed by atoms with van der Waals surface area (Å²) in [5.74, 6) is 0. The van der Waals surface area contributed by atoms with Crippen molar-refractivity contribution in [3.8, 4) is 0 Å². The van der Waals surface area contributed by atoms with Gasteiger partial charge in [0.25, 0.3) is 0 Å². The second-order valence-electron chi connectivity index (χ2n) is 7.37. The molecule has 0 unspecified atom stereocenters. The van der Waals surface area contributed by atoms with Gasteiger partial charge in [0.05, 0.1) is 17.4 Å². The second-order valence-corrected chi connectivity index (χ2v) is 8.41. The fraction of sp³-hybridized carbons (Fsp3) is 0.286. The van der Waals surface area contributed by atoms with Crippen LogP contribution in [0.5, 0.6) is 0 Å². The first-order chi connectivity index (χ1) is 15.2. The largest absolute Gasteiger partial charge is 0.411 e. The number of hydrogen-bond donors (Lipinski definition) is 2. The van der Waals surface area contributed by atoms with Gasteiger partial charge in [0.2, 0.25) is 5.16 Å².